The van der Waals surface area contributed by atoms with Crippen molar-refractivity contribution in [3.05, 3.63) is 16.0 Å². The summed E-state index contributed by atoms with van der Waals surface area (Å²) in [5.41, 5.74) is 13.5. The van der Waals surface area contributed by atoms with Gasteiger partial charge in [-0.15, -0.1) is 0 Å². The molecule has 0 aromatic rings. The summed E-state index contributed by atoms with van der Waals surface area (Å²) in [6.45, 7) is 0. The number of carboxylic acid groups (broad SMARTS) is 2. The van der Waals surface area contributed by atoms with Crippen LogP contribution in [0.1, 0.15) is 0 Å². The fraction of sp³-hybridized carbons (Fsp3) is 0. The number of hydrogen-bond acceptors (Lipinski definition) is 1. The second-order valence-corrected chi connectivity index (χ2v) is 0.372. The molecule has 7 heavy (non-hydrogen) atoms. The van der Waals surface area contributed by atoms with Crippen LogP contribution in [0, 0.1) is 0 Å². The van der Waals surface area contributed by atoms with E-state index in [0.29, 0.717) is 0 Å². The zero-order valence-electron chi connectivity index (χ0n) is 3.14. The summed E-state index contributed by atoms with van der Waals surface area (Å²) in [4.78, 5) is 10.1. The first-order valence-corrected chi connectivity index (χ1v) is 1.05. The summed E-state index contributed by atoms with van der Waals surface area (Å²) in [6, 6.07) is 0. The molecule has 6 heteroatoms. The fourth-order valence-corrected chi connectivity index (χ4v) is 0. The van der Waals surface area contributed by atoms with Crippen molar-refractivity contribution in [3.63, 3.8) is 0 Å². The molecule has 2 N–H and O–H groups in total. The Kier molecular flexibility index (Phi) is 11.5. The molecule has 0 unspecified atom stereocenters. The van der Waals surface area contributed by atoms with Gasteiger partial charge >= 0.3 is 6.16 Å². The standard InChI is InChI=1S/CH2O3.N3/c2-1(3)4;1-3-2/h(H2,2,3,4);/q;-1. The van der Waals surface area contributed by atoms with E-state index in [0.717, 1.165) is 0 Å². The minimum atomic E-state index is -1.83. The van der Waals surface area contributed by atoms with Crippen LogP contribution in [0.2, 0.25) is 0 Å². The monoisotopic (exact) mass is 104 g/mol. The Labute approximate surface area is 38.4 Å². The predicted octanol–water partition coefficient (Wildman–Crippen LogP) is 1.09. The highest BCUT2D eigenvalue weighted by Gasteiger charge is 1.70. The van der Waals surface area contributed by atoms with Gasteiger partial charge in [0, 0.05) is 0 Å². The van der Waals surface area contributed by atoms with Crippen molar-refractivity contribution in [1.29, 1.82) is 0 Å². The third-order valence-electron chi connectivity index (χ3n) is 0. The van der Waals surface area contributed by atoms with E-state index in [-0.39, 0.29) is 0 Å². The van der Waals surface area contributed by atoms with E-state index >= 15 is 0 Å². The van der Waals surface area contributed by atoms with E-state index in [2.05, 4.69) is 0 Å². The third-order valence-corrected chi connectivity index (χ3v) is 0. The normalized spacial score (nSPS) is 4.57. The van der Waals surface area contributed by atoms with E-state index in [1.54, 1.807) is 0 Å². The van der Waals surface area contributed by atoms with Gasteiger partial charge in [0.1, 0.15) is 0 Å². The van der Waals surface area contributed by atoms with E-state index in [4.69, 9.17) is 26.1 Å². The van der Waals surface area contributed by atoms with Crippen LogP contribution in [0.3, 0.4) is 0 Å². The largest absolute Gasteiger partial charge is 0.503 e. The molecule has 0 aliphatic carbocycles. The average molecular weight is 104 g/mol. The highest BCUT2D eigenvalue weighted by molar-refractivity contribution is 5.53. The van der Waals surface area contributed by atoms with Gasteiger partial charge in [0.05, 0.1) is 0 Å². The number of hydrogen-bond donors (Lipinski definition) is 2. The number of rotatable bonds is 0. The zero-order chi connectivity index (χ0) is 6.28. The molecule has 0 aromatic heterocycles. The van der Waals surface area contributed by atoms with E-state index in [9.17, 15) is 0 Å². The van der Waals surface area contributed by atoms with Gasteiger partial charge in [0.25, 0.3) is 0 Å². The maximum absolute atomic E-state index is 8.56. The summed E-state index contributed by atoms with van der Waals surface area (Å²) in [6.07, 6.45) is -1.83. The summed E-state index contributed by atoms with van der Waals surface area (Å²) in [5, 5.41) is 13.9. The zero-order valence-corrected chi connectivity index (χ0v) is 3.14. The molecule has 0 bridgehead atoms. The third kappa shape index (κ3) is 15.1. The second kappa shape index (κ2) is 8.82. The lowest BCUT2D eigenvalue weighted by Crippen LogP contribution is -1.81. The van der Waals surface area contributed by atoms with Crippen molar-refractivity contribution < 1.29 is 15.0 Å². The van der Waals surface area contributed by atoms with Crippen LogP contribution in [0.5, 0.6) is 0 Å². The van der Waals surface area contributed by atoms with E-state index in [1.807, 2.05) is 0 Å². The molecule has 0 spiro atoms. The molecule has 0 atom stereocenters. The molecule has 0 radical (unpaired) electrons. The van der Waals surface area contributed by atoms with Crippen molar-refractivity contribution in [2.45, 2.75) is 0 Å². The Hall–Kier alpha value is -1.42. The van der Waals surface area contributed by atoms with Gasteiger partial charge in [-0.2, -0.15) is 0 Å². The first-order valence-electron chi connectivity index (χ1n) is 1.05. The number of nitrogens with zero attached hydrogens (tertiary/aromatic N) is 3. The molecule has 0 aliphatic rings. The molecular formula is CH2N3O3-. The molecule has 0 amide bonds. The lowest BCUT2D eigenvalue weighted by molar-refractivity contribution is 0.137. The van der Waals surface area contributed by atoms with Gasteiger partial charge in [-0.25, -0.2) is 4.79 Å². The summed E-state index contributed by atoms with van der Waals surface area (Å²) in [5.74, 6) is 0. The van der Waals surface area contributed by atoms with Crippen molar-refractivity contribution in [2.24, 2.45) is 0 Å². The Bertz CT molecular complexity index is 78.2. The Morgan fingerprint density at radius 1 is 1.43 bits per heavy atom. The van der Waals surface area contributed by atoms with Crippen LogP contribution < -0.4 is 0 Å². The molecule has 6 nitrogen and oxygen atoms in total. The van der Waals surface area contributed by atoms with Gasteiger partial charge in [-0.1, -0.05) is 0 Å². The van der Waals surface area contributed by atoms with Crippen LogP contribution in [-0.2, 0) is 0 Å². The Morgan fingerprint density at radius 2 is 1.43 bits per heavy atom. The maximum atomic E-state index is 8.56. The molecule has 0 rings (SSSR count). The highest BCUT2D eigenvalue weighted by atomic mass is 16.6. The van der Waals surface area contributed by atoms with Gasteiger partial charge in [0.15, 0.2) is 0 Å². The molecule has 0 saturated heterocycles. The van der Waals surface area contributed by atoms with E-state index in [1.165, 1.54) is 4.91 Å². The minimum absolute atomic E-state index is 1.50. The molecule has 0 saturated carbocycles. The summed E-state index contributed by atoms with van der Waals surface area (Å²) in [7, 11) is 0. The SMILES string of the molecule is O=C(O)O.[N-]=[N+]=[N-]. The molecule has 0 heterocycles. The van der Waals surface area contributed by atoms with Crippen LogP contribution in [-0.4, -0.2) is 16.4 Å². The minimum Gasteiger partial charge on any atom is -0.450 e. The summed E-state index contributed by atoms with van der Waals surface area (Å²) >= 11 is 0. The van der Waals surface area contributed by atoms with Crippen LogP contribution in [0.25, 0.3) is 16.0 Å². The molecular weight excluding hydrogens is 102 g/mol. The van der Waals surface area contributed by atoms with E-state index < -0.39 is 6.16 Å². The van der Waals surface area contributed by atoms with Gasteiger partial charge < -0.3 is 21.3 Å². The van der Waals surface area contributed by atoms with Crippen LogP contribution >= 0.6 is 0 Å². The smallest absolute Gasteiger partial charge is 0.450 e. The Morgan fingerprint density at radius 3 is 1.43 bits per heavy atom. The summed E-state index contributed by atoms with van der Waals surface area (Å²) < 4.78 is 0. The van der Waals surface area contributed by atoms with Crippen LogP contribution in [0.4, 0.5) is 4.79 Å². The topological polar surface area (TPSA) is 116 Å². The molecule has 40 valence electrons. The highest BCUT2D eigenvalue weighted by Crippen LogP contribution is 1.42. The lowest BCUT2D eigenvalue weighted by atomic mass is 11.5. The fourth-order valence-electron chi connectivity index (χ4n) is 0. The molecule has 0 fully saturated rings. The van der Waals surface area contributed by atoms with Gasteiger partial charge in [0.2, 0.25) is 0 Å². The average Bonchev–Trinajstić information content (AvgIpc) is 1.33. The van der Waals surface area contributed by atoms with Gasteiger partial charge in [-0.3, -0.25) is 4.91 Å². The molecule has 0 aliphatic heterocycles. The second-order valence-electron chi connectivity index (χ2n) is 0.372. The number of carbonyl (C=O) groups is 1. The predicted molar refractivity (Wildman–Crippen MR) is 20.7 cm³/mol. The van der Waals surface area contributed by atoms with Crippen molar-refractivity contribution in [1.82, 2.24) is 0 Å². The van der Waals surface area contributed by atoms with Crippen molar-refractivity contribution in [2.75, 3.05) is 0 Å². The first-order chi connectivity index (χ1) is 3.15. The van der Waals surface area contributed by atoms with Crippen molar-refractivity contribution in [3.8, 4) is 0 Å². The lowest BCUT2D eigenvalue weighted by Gasteiger charge is -1.60. The maximum Gasteiger partial charge on any atom is 0.503 e. The van der Waals surface area contributed by atoms with Crippen molar-refractivity contribution >= 4 is 6.16 Å². The quantitative estimate of drug-likeness (QED) is 0.272. The molecule has 0 aromatic carbocycles. The first kappa shape index (κ1) is 9.13. The van der Waals surface area contributed by atoms with Crippen LogP contribution in [0.15, 0.2) is 0 Å². The Balaban J connectivity index is 0. The van der Waals surface area contributed by atoms with Gasteiger partial charge in [-0.05, 0) is 0 Å².